The van der Waals surface area contributed by atoms with Crippen LogP contribution in [0.3, 0.4) is 0 Å². The summed E-state index contributed by atoms with van der Waals surface area (Å²) in [6.45, 7) is 1.80. The molecule has 1 rings (SSSR count). The molecule has 3 N–H and O–H groups in total. The van der Waals surface area contributed by atoms with Crippen molar-refractivity contribution in [3.63, 3.8) is 0 Å². The highest BCUT2D eigenvalue weighted by atomic mass is 16.4. The molecule has 0 saturated carbocycles. The average molecular weight is 237 g/mol. The lowest BCUT2D eigenvalue weighted by molar-refractivity contribution is -0.141. The Labute approximate surface area is 99.1 Å². The standard InChI is InChI=1S/C12H15NO4/c1-2-8(12(16)17)7-13-11(15)9-5-3-4-6-10(9)14/h3-6,8,14H,2,7H2,1H3,(H,13,15)(H,16,17). The summed E-state index contributed by atoms with van der Waals surface area (Å²) in [5.41, 5.74) is 0.146. The summed E-state index contributed by atoms with van der Waals surface area (Å²) in [6, 6.07) is 6.12. The molecular formula is C12H15NO4. The van der Waals surface area contributed by atoms with Crippen molar-refractivity contribution in [1.82, 2.24) is 5.32 Å². The zero-order valence-corrected chi connectivity index (χ0v) is 9.51. The highest BCUT2D eigenvalue weighted by Crippen LogP contribution is 2.15. The van der Waals surface area contributed by atoms with Crippen LogP contribution in [-0.4, -0.2) is 28.6 Å². The number of nitrogens with one attached hydrogen (secondary N) is 1. The summed E-state index contributed by atoms with van der Waals surface area (Å²) in [5, 5.41) is 20.7. The first kappa shape index (κ1) is 13.0. The molecule has 17 heavy (non-hydrogen) atoms. The molecule has 0 aliphatic rings. The topological polar surface area (TPSA) is 86.6 Å². The molecular weight excluding hydrogens is 222 g/mol. The van der Waals surface area contributed by atoms with Crippen molar-refractivity contribution in [2.24, 2.45) is 5.92 Å². The summed E-state index contributed by atoms with van der Waals surface area (Å²) in [5.74, 6) is -2.13. The van der Waals surface area contributed by atoms with E-state index in [0.29, 0.717) is 6.42 Å². The molecule has 1 atom stereocenters. The molecule has 1 aromatic rings. The Morgan fingerprint density at radius 1 is 1.35 bits per heavy atom. The Kier molecular flexibility index (Phi) is 4.51. The van der Waals surface area contributed by atoms with E-state index < -0.39 is 17.8 Å². The first-order valence-corrected chi connectivity index (χ1v) is 5.35. The third-order valence-corrected chi connectivity index (χ3v) is 2.50. The smallest absolute Gasteiger partial charge is 0.308 e. The normalized spacial score (nSPS) is 11.8. The number of aliphatic carboxylic acids is 1. The molecule has 0 saturated heterocycles. The van der Waals surface area contributed by atoms with Gasteiger partial charge >= 0.3 is 5.97 Å². The summed E-state index contributed by atoms with van der Waals surface area (Å²) < 4.78 is 0. The van der Waals surface area contributed by atoms with Crippen LogP contribution < -0.4 is 5.32 Å². The zero-order valence-electron chi connectivity index (χ0n) is 9.51. The number of benzene rings is 1. The van der Waals surface area contributed by atoms with E-state index in [9.17, 15) is 14.7 Å². The Balaban J connectivity index is 2.62. The number of phenols is 1. The number of phenolic OH excluding ortho intramolecular Hbond substituents is 1. The van der Waals surface area contributed by atoms with Crippen molar-refractivity contribution in [2.45, 2.75) is 13.3 Å². The second kappa shape index (κ2) is 5.89. The summed E-state index contributed by atoms with van der Waals surface area (Å²) in [4.78, 5) is 22.4. The minimum Gasteiger partial charge on any atom is -0.507 e. The van der Waals surface area contributed by atoms with Crippen molar-refractivity contribution in [3.05, 3.63) is 29.8 Å². The van der Waals surface area contributed by atoms with Gasteiger partial charge in [0.15, 0.2) is 0 Å². The van der Waals surface area contributed by atoms with Gasteiger partial charge in [0.1, 0.15) is 5.75 Å². The van der Waals surface area contributed by atoms with Crippen LogP contribution in [0, 0.1) is 5.92 Å². The maximum Gasteiger partial charge on any atom is 0.308 e. The number of rotatable bonds is 5. The van der Waals surface area contributed by atoms with Crippen LogP contribution in [-0.2, 0) is 4.79 Å². The number of hydrogen-bond acceptors (Lipinski definition) is 3. The SMILES string of the molecule is CCC(CNC(=O)c1ccccc1O)C(=O)O. The molecule has 0 fully saturated rings. The van der Waals surface area contributed by atoms with Crippen LogP contribution in [0.2, 0.25) is 0 Å². The minimum atomic E-state index is -0.940. The van der Waals surface area contributed by atoms with Gasteiger partial charge in [-0.1, -0.05) is 19.1 Å². The molecule has 0 aliphatic carbocycles. The highest BCUT2D eigenvalue weighted by molar-refractivity contribution is 5.96. The second-order valence-electron chi connectivity index (χ2n) is 3.67. The number of carbonyl (C=O) groups excluding carboxylic acids is 1. The monoisotopic (exact) mass is 237 g/mol. The molecule has 0 aliphatic heterocycles. The molecule has 5 heteroatoms. The molecule has 0 heterocycles. The molecule has 1 aromatic carbocycles. The van der Waals surface area contributed by atoms with Gasteiger partial charge in [0.2, 0.25) is 0 Å². The summed E-state index contributed by atoms with van der Waals surface area (Å²) in [7, 11) is 0. The first-order valence-electron chi connectivity index (χ1n) is 5.35. The fourth-order valence-corrected chi connectivity index (χ4v) is 1.38. The number of carboxylic acids is 1. The number of aromatic hydroxyl groups is 1. The number of amides is 1. The number of carbonyl (C=O) groups is 2. The average Bonchev–Trinajstić information content (AvgIpc) is 2.29. The van der Waals surface area contributed by atoms with Crippen molar-refractivity contribution in [1.29, 1.82) is 0 Å². The summed E-state index contributed by atoms with van der Waals surface area (Å²) >= 11 is 0. The lowest BCUT2D eigenvalue weighted by atomic mass is 10.1. The number of para-hydroxylation sites is 1. The third-order valence-electron chi connectivity index (χ3n) is 2.50. The van der Waals surface area contributed by atoms with Crippen LogP contribution in [0.5, 0.6) is 5.75 Å². The van der Waals surface area contributed by atoms with Crippen molar-refractivity contribution >= 4 is 11.9 Å². The maximum atomic E-state index is 11.6. The van der Waals surface area contributed by atoms with Gasteiger partial charge in [0, 0.05) is 6.54 Å². The summed E-state index contributed by atoms with van der Waals surface area (Å²) in [6.07, 6.45) is 0.441. The van der Waals surface area contributed by atoms with Gasteiger partial charge in [-0.15, -0.1) is 0 Å². The lowest BCUT2D eigenvalue weighted by Crippen LogP contribution is -2.32. The fraction of sp³-hybridized carbons (Fsp3) is 0.333. The Morgan fingerprint density at radius 2 is 2.00 bits per heavy atom. The van der Waals surface area contributed by atoms with E-state index >= 15 is 0 Å². The van der Waals surface area contributed by atoms with E-state index in [-0.39, 0.29) is 17.9 Å². The zero-order chi connectivity index (χ0) is 12.8. The van der Waals surface area contributed by atoms with Crippen LogP contribution in [0.15, 0.2) is 24.3 Å². The number of hydrogen-bond donors (Lipinski definition) is 3. The van der Waals surface area contributed by atoms with Crippen LogP contribution in [0.4, 0.5) is 0 Å². The van der Waals surface area contributed by atoms with E-state index in [1.807, 2.05) is 0 Å². The first-order chi connectivity index (χ1) is 8.06. The third kappa shape index (κ3) is 3.48. The second-order valence-corrected chi connectivity index (χ2v) is 3.67. The number of carboxylic acid groups (broad SMARTS) is 1. The van der Waals surface area contributed by atoms with Gasteiger partial charge in [0.05, 0.1) is 11.5 Å². The fourth-order valence-electron chi connectivity index (χ4n) is 1.38. The van der Waals surface area contributed by atoms with E-state index in [1.165, 1.54) is 12.1 Å². The Morgan fingerprint density at radius 3 is 2.53 bits per heavy atom. The van der Waals surface area contributed by atoms with E-state index in [4.69, 9.17) is 5.11 Å². The predicted molar refractivity (Wildman–Crippen MR) is 61.9 cm³/mol. The van der Waals surface area contributed by atoms with E-state index in [1.54, 1.807) is 19.1 Å². The maximum absolute atomic E-state index is 11.6. The molecule has 1 amide bonds. The van der Waals surface area contributed by atoms with Gasteiger partial charge in [-0.25, -0.2) is 0 Å². The molecule has 92 valence electrons. The van der Waals surface area contributed by atoms with E-state index in [2.05, 4.69) is 5.32 Å². The highest BCUT2D eigenvalue weighted by Gasteiger charge is 2.17. The van der Waals surface area contributed by atoms with Gasteiger partial charge in [-0.05, 0) is 18.6 Å². The molecule has 0 bridgehead atoms. The Hall–Kier alpha value is -2.04. The molecule has 1 unspecified atom stereocenters. The van der Waals surface area contributed by atoms with Crippen molar-refractivity contribution in [2.75, 3.05) is 6.54 Å². The molecule has 0 aromatic heterocycles. The van der Waals surface area contributed by atoms with Crippen LogP contribution >= 0.6 is 0 Å². The van der Waals surface area contributed by atoms with Crippen LogP contribution in [0.1, 0.15) is 23.7 Å². The van der Waals surface area contributed by atoms with Gasteiger partial charge in [-0.3, -0.25) is 9.59 Å². The van der Waals surface area contributed by atoms with Gasteiger partial charge < -0.3 is 15.5 Å². The lowest BCUT2D eigenvalue weighted by Gasteiger charge is -2.11. The predicted octanol–water partition coefficient (Wildman–Crippen LogP) is 1.23. The van der Waals surface area contributed by atoms with Crippen LogP contribution in [0.25, 0.3) is 0 Å². The molecule has 0 spiro atoms. The quantitative estimate of drug-likeness (QED) is 0.719. The largest absolute Gasteiger partial charge is 0.507 e. The van der Waals surface area contributed by atoms with Crippen molar-refractivity contribution in [3.8, 4) is 5.75 Å². The van der Waals surface area contributed by atoms with Gasteiger partial charge in [0.25, 0.3) is 5.91 Å². The minimum absolute atomic E-state index is 0.0546. The molecule has 0 radical (unpaired) electrons. The Bertz CT molecular complexity index is 417. The molecule has 5 nitrogen and oxygen atoms in total. The van der Waals surface area contributed by atoms with Crippen molar-refractivity contribution < 1.29 is 19.8 Å². The van der Waals surface area contributed by atoms with Gasteiger partial charge in [-0.2, -0.15) is 0 Å². The van der Waals surface area contributed by atoms with E-state index in [0.717, 1.165) is 0 Å².